The molecule has 3 heterocycles. The molecule has 1 saturated heterocycles. The molecule has 0 spiro atoms. The van der Waals surface area contributed by atoms with Gasteiger partial charge in [-0.3, -0.25) is 14.7 Å². The number of aliphatic carboxylic acids is 1. The Bertz CT molecular complexity index is 690. The second-order valence-electron chi connectivity index (χ2n) is 6.31. The van der Waals surface area contributed by atoms with Crippen LogP contribution in [0.15, 0.2) is 36.9 Å². The molecule has 0 unspecified atom stereocenters. The molecule has 2 aromatic rings. The van der Waals surface area contributed by atoms with Crippen molar-refractivity contribution >= 4 is 11.9 Å². The van der Waals surface area contributed by atoms with Gasteiger partial charge in [0.2, 0.25) is 5.95 Å². The van der Waals surface area contributed by atoms with E-state index in [2.05, 4.69) is 19.9 Å². The predicted molar refractivity (Wildman–Crippen MR) is 89.7 cm³/mol. The molecule has 0 saturated carbocycles. The number of carboxylic acids is 1. The molecule has 0 aliphatic carbocycles. The van der Waals surface area contributed by atoms with Gasteiger partial charge in [0.15, 0.2) is 0 Å². The lowest BCUT2D eigenvalue weighted by Gasteiger charge is -2.16. The lowest BCUT2D eigenvalue weighted by molar-refractivity contribution is -0.141. The van der Waals surface area contributed by atoms with Crippen molar-refractivity contribution in [2.24, 2.45) is 5.92 Å². The lowest BCUT2D eigenvalue weighted by Crippen LogP contribution is -2.23. The minimum absolute atomic E-state index is 0.0209. The van der Waals surface area contributed by atoms with Gasteiger partial charge in [0.1, 0.15) is 0 Å². The first-order chi connectivity index (χ1) is 11.5. The van der Waals surface area contributed by atoms with Crippen LogP contribution in [0.4, 0.5) is 5.95 Å². The van der Waals surface area contributed by atoms with E-state index in [1.165, 1.54) is 0 Å². The summed E-state index contributed by atoms with van der Waals surface area (Å²) in [7, 11) is 3.79. The standard InChI is InChI=1S/C17H21N5O2/c1-21(2)17-19-7-12(8-20-17)9-22-10-14(15(11-22)16(23)24)13-3-5-18-6-4-13/h3-8,14-15H,9-11H2,1-2H3,(H,23,24)/t14-,15+/m0/s1. The molecule has 0 aromatic carbocycles. The molecule has 0 radical (unpaired) electrons. The molecule has 1 aliphatic heterocycles. The highest BCUT2D eigenvalue weighted by Crippen LogP contribution is 2.33. The van der Waals surface area contributed by atoms with Gasteiger partial charge < -0.3 is 10.0 Å². The number of anilines is 1. The quantitative estimate of drug-likeness (QED) is 0.884. The van der Waals surface area contributed by atoms with E-state index in [1.54, 1.807) is 24.8 Å². The van der Waals surface area contributed by atoms with Crippen LogP contribution in [0.1, 0.15) is 17.0 Å². The van der Waals surface area contributed by atoms with E-state index in [0.29, 0.717) is 25.6 Å². The Labute approximate surface area is 141 Å². The number of carboxylic acid groups (broad SMARTS) is 1. The van der Waals surface area contributed by atoms with Gasteiger partial charge in [-0.1, -0.05) is 0 Å². The van der Waals surface area contributed by atoms with Gasteiger partial charge in [-0.05, 0) is 17.7 Å². The Morgan fingerprint density at radius 1 is 1.25 bits per heavy atom. The Morgan fingerprint density at radius 3 is 2.50 bits per heavy atom. The third-order valence-corrected chi connectivity index (χ3v) is 4.34. The van der Waals surface area contributed by atoms with Gasteiger partial charge in [0.05, 0.1) is 5.92 Å². The zero-order chi connectivity index (χ0) is 17.1. The molecule has 24 heavy (non-hydrogen) atoms. The molecule has 1 aliphatic rings. The van der Waals surface area contributed by atoms with Gasteiger partial charge in [-0.2, -0.15) is 0 Å². The number of rotatable bonds is 5. The average Bonchev–Trinajstić information content (AvgIpc) is 3.00. The molecule has 2 atom stereocenters. The van der Waals surface area contributed by atoms with Gasteiger partial charge in [-0.15, -0.1) is 0 Å². The van der Waals surface area contributed by atoms with Crippen LogP contribution in [-0.4, -0.2) is 58.1 Å². The van der Waals surface area contributed by atoms with Gasteiger partial charge in [0, 0.05) is 70.0 Å². The first kappa shape index (κ1) is 16.3. The second-order valence-corrected chi connectivity index (χ2v) is 6.31. The highest BCUT2D eigenvalue weighted by atomic mass is 16.4. The van der Waals surface area contributed by atoms with Crippen molar-refractivity contribution in [2.75, 3.05) is 32.1 Å². The van der Waals surface area contributed by atoms with Gasteiger partial charge >= 0.3 is 5.97 Å². The molecule has 0 amide bonds. The Kier molecular flexibility index (Phi) is 4.71. The van der Waals surface area contributed by atoms with Gasteiger partial charge in [-0.25, -0.2) is 9.97 Å². The molecule has 126 valence electrons. The molecular weight excluding hydrogens is 306 g/mol. The number of likely N-dealkylation sites (tertiary alicyclic amines) is 1. The van der Waals surface area contributed by atoms with E-state index in [9.17, 15) is 9.90 Å². The molecule has 1 N–H and O–H groups in total. The summed E-state index contributed by atoms with van der Waals surface area (Å²) in [5.41, 5.74) is 2.01. The highest BCUT2D eigenvalue weighted by molar-refractivity contribution is 5.72. The van der Waals surface area contributed by atoms with Crippen molar-refractivity contribution in [3.63, 3.8) is 0 Å². The first-order valence-corrected chi connectivity index (χ1v) is 7.88. The van der Waals surface area contributed by atoms with Crippen LogP contribution in [0.2, 0.25) is 0 Å². The highest BCUT2D eigenvalue weighted by Gasteiger charge is 2.38. The monoisotopic (exact) mass is 327 g/mol. The van der Waals surface area contributed by atoms with Crippen molar-refractivity contribution in [3.8, 4) is 0 Å². The summed E-state index contributed by atoms with van der Waals surface area (Å²) >= 11 is 0. The van der Waals surface area contributed by atoms with E-state index < -0.39 is 11.9 Å². The summed E-state index contributed by atoms with van der Waals surface area (Å²) in [5, 5.41) is 9.55. The van der Waals surface area contributed by atoms with E-state index in [1.807, 2.05) is 31.1 Å². The summed E-state index contributed by atoms with van der Waals surface area (Å²) in [6.07, 6.45) is 7.03. The number of aromatic nitrogens is 3. The molecule has 0 bridgehead atoms. The van der Waals surface area contributed by atoms with Crippen molar-refractivity contribution < 1.29 is 9.90 Å². The average molecular weight is 327 g/mol. The number of hydrogen-bond acceptors (Lipinski definition) is 6. The fraction of sp³-hybridized carbons (Fsp3) is 0.412. The summed E-state index contributed by atoms with van der Waals surface area (Å²) in [5.74, 6) is -0.515. The molecule has 7 nitrogen and oxygen atoms in total. The topological polar surface area (TPSA) is 82.5 Å². The van der Waals surface area contributed by atoms with Crippen molar-refractivity contribution in [2.45, 2.75) is 12.5 Å². The minimum atomic E-state index is -0.751. The van der Waals surface area contributed by atoms with Crippen LogP contribution in [0, 0.1) is 5.92 Å². The Hall–Kier alpha value is -2.54. The Balaban J connectivity index is 1.72. The smallest absolute Gasteiger partial charge is 0.308 e. The van der Waals surface area contributed by atoms with E-state index in [0.717, 1.165) is 11.1 Å². The van der Waals surface area contributed by atoms with Crippen LogP contribution in [-0.2, 0) is 11.3 Å². The third kappa shape index (κ3) is 3.51. The summed E-state index contributed by atoms with van der Waals surface area (Å²) < 4.78 is 0. The third-order valence-electron chi connectivity index (χ3n) is 4.34. The number of nitrogens with zero attached hydrogens (tertiary/aromatic N) is 5. The van der Waals surface area contributed by atoms with Gasteiger partial charge in [0.25, 0.3) is 0 Å². The number of hydrogen-bond donors (Lipinski definition) is 1. The maximum atomic E-state index is 11.6. The van der Waals surface area contributed by atoms with Crippen molar-refractivity contribution in [1.29, 1.82) is 0 Å². The predicted octanol–water partition coefficient (Wildman–Crippen LogP) is 1.24. The maximum absolute atomic E-state index is 11.6. The van der Waals surface area contributed by atoms with E-state index in [4.69, 9.17) is 0 Å². The lowest BCUT2D eigenvalue weighted by atomic mass is 9.90. The minimum Gasteiger partial charge on any atom is -0.481 e. The fourth-order valence-corrected chi connectivity index (χ4v) is 3.13. The normalized spacial score (nSPS) is 20.9. The SMILES string of the molecule is CN(C)c1ncc(CN2C[C@@H](C(=O)O)[C@H](c3ccncc3)C2)cn1. The first-order valence-electron chi connectivity index (χ1n) is 7.88. The summed E-state index contributed by atoms with van der Waals surface area (Å²) in [6.45, 7) is 1.88. The van der Waals surface area contributed by atoms with E-state index >= 15 is 0 Å². The van der Waals surface area contributed by atoms with Crippen LogP contribution in [0.5, 0.6) is 0 Å². The Morgan fingerprint density at radius 2 is 1.92 bits per heavy atom. The van der Waals surface area contributed by atoms with Crippen LogP contribution < -0.4 is 4.90 Å². The summed E-state index contributed by atoms with van der Waals surface area (Å²) in [4.78, 5) is 28.3. The van der Waals surface area contributed by atoms with Crippen molar-refractivity contribution in [3.05, 3.63) is 48.0 Å². The molecule has 3 rings (SSSR count). The number of pyridine rings is 1. The van der Waals surface area contributed by atoms with E-state index in [-0.39, 0.29) is 5.92 Å². The molecular formula is C17H21N5O2. The zero-order valence-electron chi connectivity index (χ0n) is 13.8. The zero-order valence-corrected chi connectivity index (χ0v) is 13.8. The van der Waals surface area contributed by atoms with Crippen LogP contribution in [0.3, 0.4) is 0 Å². The van der Waals surface area contributed by atoms with Crippen molar-refractivity contribution in [1.82, 2.24) is 19.9 Å². The number of carbonyl (C=O) groups is 1. The maximum Gasteiger partial charge on any atom is 0.308 e. The van der Waals surface area contributed by atoms with Crippen LogP contribution >= 0.6 is 0 Å². The molecule has 7 heteroatoms. The van der Waals surface area contributed by atoms with Crippen LogP contribution in [0.25, 0.3) is 0 Å². The fourth-order valence-electron chi connectivity index (χ4n) is 3.13. The largest absolute Gasteiger partial charge is 0.481 e. The molecule has 2 aromatic heterocycles. The molecule has 1 fully saturated rings. The second kappa shape index (κ2) is 6.92. The summed E-state index contributed by atoms with van der Waals surface area (Å²) in [6, 6.07) is 3.80.